The molecule has 5 nitrogen and oxygen atoms in total. The molecule has 1 aromatic carbocycles. The van der Waals surface area contributed by atoms with E-state index < -0.39 is 5.91 Å². The number of halogens is 1. The topological polar surface area (TPSA) is 75.1 Å². The molecule has 0 unspecified atom stereocenters. The molecule has 0 fully saturated rings. The van der Waals surface area contributed by atoms with E-state index in [2.05, 4.69) is 15.3 Å². The van der Waals surface area contributed by atoms with Crippen LogP contribution >= 0.6 is 11.3 Å². The van der Waals surface area contributed by atoms with Crippen LogP contribution in [0.25, 0.3) is 10.6 Å². The average molecular weight is 329 g/mol. The molecule has 0 aliphatic carbocycles. The van der Waals surface area contributed by atoms with Crippen LogP contribution in [0.1, 0.15) is 16.1 Å². The molecule has 0 saturated heterocycles. The lowest BCUT2D eigenvalue weighted by Crippen LogP contribution is -2.14. The monoisotopic (exact) mass is 329 g/mol. The minimum absolute atomic E-state index is 0.181. The lowest BCUT2D eigenvalue weighted by Gasteiger charge is -2.07. The smallest absolute Gasteiger partial charge is 0.275 e. The number of benzene rings is 1. The average Bonchev–Trinajstić information content (AvgIpc) is 3.05. The quantitative estimate of drug-likeness (QED) is 0.771. The van der Waals surface area contributed by atoms with Crippen LogP contribution in [0, 0.1) is 5.82 Å². The molecule has 116 valence electrons. The molecule has 0 atom stereocenters. The van der Waals surface area contributed by atoms with Crippen molar-refractivity contribution < 1.29 is 14.3 Å². The highest BCUT2D eigenvalue weighted by Crippen LogP contribution is 2.26. The summed E-state index contributed by atoms with van der Waals surface area (Å²) in [6.07, 6.45) is 2.98. The predicted molar refractivity (Wildman–Crippen MR) is 85.6 cm³/mol. The van der Waals surface area contributed by atoms with E-state index in [9.17, 15) is 14.3 Å². The Bertz CT molecular complexity index is 851. The second kappa shape index (κ2) is 6.64. The number of aromatic nitrogens is 2. The Labute approximate surface area is 135 Å². The van der Waals surface area contributed by atoms with Crippen molar-refractivity contribution in [3.8, 4) is 10.6 Å². The minimum atomic E-state index is -0.438. The van der Waals surface area contributed by atoms with Gasteiger partial charge in [-0.25, -0.2) is 9.37 Å². The Kier molecular flexibility index (Phi) is 4.40. The van der Waals surface area contributed by atoms with Crippen molar-refractivity contribution in [2.75, 3.05) is 5.32 Å². The van der Waals surface area contributed by atoms with Crippen LogP contribution in [0.5, 0.6) is 0 Å². The van der Waals surface area contributed by atoms with Crippen molar-refractivity contribution in [1.82, 2.24) is 9.97 Å². The highest BCUT2D eigenvalue weighted by Gasteiger charge is 2.15. The summed E-state index contributed by atoms with van der Waals surface area (Å²) in [6.45, 7) is -0.213. The van der Waals surface area contributed by atoms with Gasteiger partial charge in [-0.2, -0.15) is 0 Å². The van der Waals surface area contributed by atoms with Gasteiger partial charge >= 0.3 is 0 Å². The zero-order valence-corrected chi connectivity index (χ0v) is 12.7. The summed E-state index contributed by atoms with van der Waals surface area (Å²) in [5.74, 6) is -0.824. The standard InChI is InChI=1S/C16H12FN3O2S/c17-12-4-2-1-3-11(12)16-20-14(9-23-16)15(22)19-13-7-18-6-5-10(13)8-21/h1-7,9,21H,8H2,(H,19,22). The van der Waals surface area contributed by atoms with Gasteiger partial charge in [-0.1, -0.05) is 12.1 Å². The number of pyridine rings is 1. The fraction of sp³-hybridized carbons (Fsp3) is 0.0625. The third kappa shape index (κ3) is 3.25. The molecule has 0 aliphatic heterocycles. The summed E-state index contributed by atoms with van der Waals surface area (Å²) in [4.78, 5) is 20.3. The first-order valence-electron chi connectivity index (χ1n) is 6.74. The number of hydrogen-bond donors (Lipinski definition) is 2. The Morgan fingerprint density at radius 3 is 2.91 bits per heavy atom. The van der Waals surface area contributed by atoms with Gasteiger partial charge in [-0.05, 0) is 18.2 Å². The highest BCUT2D eigenvalue weighted by atomic mass is 32.1. The normalized spacial score (nSPS) is 10.5. The molecule has 7 heteroatoms. The van der Waals surface area contributed by atoms with Gasteiger partial charge in [0, 0.05) is 22.7 Å². The van der Waals surface area contributed by atoms with E-state index in [1.54, 1.807) is 29.6 Å². The summed E-state index contributed by atoms with van der Waals surface area (Å²) in [6, 6.07) is 7.88. The van der Waals surface area contributed by atoms with Gasteiger partial charge in [0.05, 0.1) is 18.5 Å². The zero-order chi connectivity index (χ0) is 16.2. The van der Waals surface area contributed by atoms with Gasteiger partial charge in [0.2, 0.25) is 0 Å². The SMILES string of the molecule is O=C(Nc1cnccc1CO)c1csc(-c2ccccc2F)n1. The summed E-state index contributed by atoms with van der Waals surface area (Å²) >= 11 is 1.19. The van der Waals surface area contributed by atoms with E-state index in [1.165, 1.54) is 29.8 Å². The van der Waals surface area contributed by atoms with Gasteiger partial charge in [-0.3, -0.25) is 9.78 Å². The summed E-state index contributed by atoms with van der Waals surface area (Å²) in [7, 11) is 0. The largest absolute Gasteiger partial charge is 0.392 e. The van der Waals surface area contributed by atoms with E-state index in [-0.39, 0.29) is 18.1 Å². The second-order valence-electron chi connectivity index (χ2n) is 4.66. The number of nitrogens with zero attached hydrogens (tertiary/aromatic N) is 2. The first-order valence-corrected chi connectivity index (χ1v) is 7.62. The van der Waals surface area contributed by atoms with Crippen LogP contribution in [0.15, 0.2) is 48.1 Å². The Morgan fingerprint density at radius 1 is 1.30 bits per heavy atom. The predicted octanol–water partition coefficient (Wildman–Crippen LogP) is 3.09. The molecule has 2 heterocycles. The van der Waals surface area contributed by atoms with E-state index in [0.29, 0.717) is 21.8 Å². The van der Waals surface area contributed by atoms with Crippen molar-refractivity contribution in [3.05, 3.63) is 65.2 Å². The molecule has 0 radical (unpaired) electrons. The van der Waals surface area contributed by atoms with Crippen molar-refractivity contribution in [3.63, 3.8) is 0 Å². The van der Waals surface area contributed by atoms with Crippen molar-refractivity contribution in [2.24, 2.45) is 0 Å². The first kappa shape index (κ1) is 15.3. The second-order valence-corrected chi connectivity index (χ2v) is 5.52. The van der Waals surface area contributed by atoms with Gasteiger partial charge < -0.3 is 10.4 Å². The zero-order valence-electron chi connectivity index (χ0n) is 11.9. The van der Waals surface area contributed by atoms with E-state index in [1.807, 2.05) is 0 Å². The van der Waals surface area contributed by atoms with Crippen molar-refractivity contribution in [1.29, 1.82) is 0 Å². The Morgan fingerprint density at radius 2 is 2.13 bits per heavy atom. The lowest BCUT2D eigenvalue weighted by atomic mass is 10.2. The number of amides is 1. The van der Waals surface area contributed by atoms with E-state index >= 15 is 0 Å². The van der Waals surface area contributed by atoms with E-state index in [4.69, 9.17) is 0 Å². The summed E-state index contributed by atoms with van der Waals surface area (Å²) in [5.41, 5.74) is 1.51. The molecule has 0 aliphatic rings. The Hall–Kier alpha value is -2.64. The molecule has 2 aromatic heterocycles. The summed E-state index contributed by atoms with van der Waals surface area (Å²) in [5, 5.41) is 13.9. The molecular weight excluding hydrogens is 317 g/mol. The number of aliphatic hydroxyl groups excluding tert-OH is 1. The molecule has 0 bridgehead atoms. The molecule has 0 spiro atoms. The van der Waals surface area contributed by atoms with Crippen LogP contribution in [0.4, 0.5) is 10.1 Å². The molecule has 2 N–H and O–H groups in total. The number of thiazole rings is 1. The van der Waals surface area contributed by atoms with Crippen LogP contribution < -0.4 is 5.32 Å². The summed E-state index contributed by atoms with van der Waals surface area (Å²) < 4.78 is 13.8. The van der Waals surface area contributed by atoms with Gasteiger partial charge in [0.15, 0.2) is 0 Å². The molecular formula is C16H12FN3O2S. The fourth-order valence-corrected chi connectivity index (χ4v) is 2.82. The maximum absolute atomic E-state index is 13.8. The number of carbonyl (C=O) groups is 1. The van der Waals surface area contributed by atoms with E-state index in [0.717, 1.165) is 0 Å². The molecule has 3 rings (SSSR count). The number of carbonyl (C=O) groups excluding carboxylic acids is 1. The van der Waals surface area contributed by atoms with Crippen LogP contribution in [-0.4, -0.2) is 21.0 Å². The van der Waals surface area contributed by atoms with Crippen LogP contribution in [0.3, 0.4) is 0 Å². The highest BCUT2D eigenvalue weighted by molar-refractivity contribution is 7.13. The van der Waals surface area contributed by atoms with Crippen LogP contribution in [0.2, 0.25) is 0 Å². The van der Waals surface area contributed by atoms with Crippen molar-refractivity contribution >= 4 is 22.9 Å². The number of aliphatic hydroxyl groups is 1. The maximum atomic E-state index is 13.8. The number of nitrogens with one attached hydrogen (secondary N) is 1. The third-order valence-corrected chi connectivity index (χ3v) is 4.05. The van der Waals surface area contributed by atoms with Crippen molar-refractivity contribution in [2.45, 2.75) is 6.61 Å². The maximum Gasteiger partial charge on any atom is 0.275 e. The van der Waals surface area contributed by atoms with Crippen LogP contribution in [-0.2, 0) is 6.61 Å². The number of hydrogen-bond acceptors (Lipinski definition) is 5. The van der Waals surface area contributed by atoms with Gasteiger partial charge in [0.1, 0.15) is 16.5 Å². The van der Waals surface area contributed by atoms with Gasteiger partial charge in [0.25, 0.3) is 5.91 Å². The molecule has 23 heavy (non-hydrogen) atoms. The van der Waals surface area contributed by atoms with Gasteiger partial charge in [-0.15, -0.1) is 11.3 Å². The lowest BCUT2D eigenvalue weighted by molar-refractivity contribution is 0.102. The first-order chi connectivity index (χ1) is 11.2. The fourth-order valence-electron chi connectivity index (χ4n) is 2.00. The third-order valence-electron chi connectivity index (χ3n) is 3.17. The Balaban J connectivity index is 1.83. The molecule has 0 saturated carbocycles. The molecule has 3 aromatic rings. The number of anilines is 1. The number of rotatable bonds is 4. The molecule has 1 amide bonds. The minimum Gasteiger partial charge on any atom is -0.392 e.